The van der Waals surface area contributed by atoms with Gasteiger partial charge in [0.15, 0.2) is 0 Å². The highest BCUT2D eigenvalue weighted by atomic mass is 16.2. The van der Waals surface area contributed by atoms with Gasteiger partial charge in [-0.15, -0.1) is 0 Å². The summed E-state index contributed by atoms with van der Waals surface area (Å²) < 4.78 is 0. The lowest BCUT2D eigenvalue weighted by Crippen LogP contribution is -2.35. The SMILES string of the molecule is CC(N)CCCC(=O)N1CCc2ccccc2C1. The van der Waals surface area contributed by atoms with Gasteiger partial charge < -0.3 is 10.6 Å². The molecule has 1 amide bonds. The van der Waals surface area contributed by atoms with E-state index in [2.05, 4.69) is 18.2 Å². The van der Waals surface area contributed by atoms with Crippen molar-refractivity contribution < 1.29 is 4.79 Å². The van der Waals surface area contributed by atoms with E-state index in [0.717, 1.165) is 32.4 Å². The van der Waals surface area contributed by atoms with Crippen LogP contribution in [0.1, 0.15) is 37.3 Å². The molecule has 2 N–H and O–H groups in total. The van der Waals surface area contributed by atoms with E-state index in [-0.39, 0.29) is 11.9 Å². The predicted octanol–water partition coefficient (Wildman–Crippen LogP) is 2.09. The molecular formula is C15H22N2O. The number of hydrogen-bond donors (Lipinski definition) is 1. The Morgan fingerprint density at radius 3 is 2.83 bits per heavy atom. The molecule has 1 aromatic rings. The number of carbonyl (C=O) groups is 1. The van der Waals surface area contributed by atoms with E-state index in [1.165, 1.54) is 11.1 Å². The minimum atomic E-state index is 0.194. The maximum Gasteiger partial charge on any atom is 0.222 e. The highest BCUT2D eigenvalue weighted by Gasteiger charge is 2.19. The zero-order chi connectivity index (χ0) is 13.0. The molecule has 1 atom stereocenters. The van der Waals surface area contributed by atoms with Gasteiger partial charge in [-0.2, -0.15) is 0 Å². The fraction of sp³-hybridized carbons (Fsp3) is 0.533. The van der Waals surface area contributed by atoms with Crippen molar-refractivity contribution >= 4 is 5.91 Å². The lowest BCUT2D eigenvalue weighted by atomic mass is 9.99. The summed E-state index contributed by atoms with van der Waals surface area (Å²) in [6.45, 7) is 3.61. The van der Waals surface area contributed by atoms with Crippen LogP contribution in [0.3, 0.4) is 0 Å². The lowest BCUT2D eigenvalue weighted by Gasteiger charge is -2.29. The molecule has 18 heavy (non-hydrogen) atoms. The van der Waals surface area contributed by atoms with Crippen LogP contribution in [-0.2, 0) is 17.8 Å². The predicted molar refractivity (Wildman–Crippen MR) is 73.1 cm³/mol. The van der Waals surface area contributed by atoms with E-state index in [4.69, 9.17) is 5.73 Å². The Morgan fingerprint density at radius 2 is 2.11 bits per heavy atom. The Morgan fingerprint density at radius 1 is 1.39 bits per heavy atom. The van der Waals surface area contributed by atoms with Gasteiger partial charge in [0.25, 0.3) is 0 Å². The summed E-state index contributed by atoms with van der Waals surface area (Å²) in [6.07, 6.45) is 3.43. The highest BCUT2D eigenvalue weighted by molar-refractivity contribution is 5.76. The standard InChI is InChI=1S/C15H22N2O/c1-12(16)5-4-8-15(18)17-10-9-13-6-2-3-7-14(13)11-17/h2-3,6-7,12H,4-5,8-11,16H2,1H3. The summed E-state index contributed by atoms with van der Waals surface area (Å²) in [5.74, 6) is 0.269. The van der Waals surface area contributed by atoms with Gasteiger partial charge in [-0.05, 0) is 37.3 Å². The van der Waals surface area contributed by atoms with Crippen LogP contribution in [0.4, 0.5) is 0 Å². The summed E-state index contributed by atoms with van der Waals surface area (Å²) >= 11 is 0. The van der Waals surface area contributed by atoms with Crippen LogP contribution < -0.4 is 5.73 Å². The van der Waals surface area contributed by atoms with Crippen LogP contribution >= 0.6 is 0 Å². The normalized spacial score (nSPS) is 16.2. The average molecular weight is 246 g/mol. The quantitative estimate of drug-likeness (QED) is 0.884. The van der Waals surface area contributed by atoms with Crippen molar-refractivity contribution in [3.63, 3.8) is 0 Å². The van der Waals surface area contributed by atoms with Gasteiger partial charge in [0, 0.05) is 25.6 Å². The molecule has 0 saturated heterocycles. The van der Waals surface area contributed by atoms with Crippen LogP contribution in [0.25, 0.3) is 0 Å². The van der Waals surface area contributed by atoms with Crippen molar-refractivity contribution in [3.05, 3.63) is 35.4 Å². The van der Waals surface area contributed by atoms with Gasteiger partial charge in [0.2, 0.25) is 5.91 Å². The van der Waals surface area contributed by atoms with Crippen molar-refractivity contribution in [3.8, 4) is 0 Å². The molecule has 0 bridgehead atoms. The first-order chi connectivity index (χ1) is 8.66. The monoisotopic (exact) mass is 246 g/mol. The molecule has 1 unspecified atom stereocenters. The Labute approximate surface area is 109 Å². The molecule has 98 valence electrons. The molecule has 3 heteroatoms. The van der Waals surface area contributed by atoms with Gasteiger partial charge in [0.1, 0.15) is 0 Å². The molecule has 1 aliphatic rings. The van der Waals surface area contributed by atoms with Crippen LogP contribution in [0.2, 0.25) is 0 Å². The van der Waals surface area contributed by atoms with Gasteiger partial charge >= 0.3 is 0 Å². The van der Waals surface area contributed by atoms with E-state index < -0.39 is 0 Å². The maximum atomic E-state index is 12.1. The smallest absolute Gasteiger partial charge is 0.222 e. The molecule has 0 aliphatic carbocycles. The molecule has 1 aromatic carbocycles. The fourth-order valence-corrected chi connectivity index (χ4v) is 2.44. The molecule has 1 aliphatic heterocycles. The topological polar surface area (TPSA) is 46.3 Å². The third kappa shape index (κ3) is 3.33. The number of benzene rings is 1. The third-order valence-corrected chi connectivity index (χ3v) is 3.53. The van der Waals surface area contributed by atoms with Crippen LogP contribution in [0.15, 0.2) is 24.3 Å². The van der Waals surface area contributed by atoms with Crippen LogP contribution in [-0.4, -0.2) is 23.4 Å². The van der Waals surface area contributed by atoms with E-state index in [1.54, 1.807) is 0 Å². The van der Waals surface area contributed by atoms with E-state index in [9.17, 15) is 4.79 Å². The molecule has 3 nitrogen and oxygen atoms in total. The van der Waals surface area contributed by atoms with E-state index in [1.807, 2.05) is 17.9 Å². The minimum Gasteiger partial charge on any atom is -0.338 e. The molecule has 0 fully saturated rings. The lowest BCUT2D eigenvalue weighted by molar-refractivity contribution is -0.132. The Hall–Kier alpha value is -1.35. The fourth-order valence-electron chi connectivity index (χ4n) is 2.44. The number of nitrogens with zero attached hydrogens (tertiary/aromatic N) is 1. The highest BCUT2D eigenvalue weighted by Crippen LogP contribution is 2.19. The maximum absolute atomic E-state index is 12.1. The summed E-state index contributed by atoms with van der Waals surface area (Å²) in [7, 11) is 0. The number of rotatable bonds is 4. The van der Waals surface area contributed by atoms with Gasteiger partial charge in [-0.1, -0.05) is 24.3 Å². The van der Waals surface area contributed by atoms with Crippen LogP contribution in [0, 0.1) is 0 Å². The minimum absolute atomic E-state index is 0.194. The summed E-state index contributed by atoms with van der Waals surface area (Å²) in [5.41, 5.74) is 8.38. The Balaban J connectivity index is 1.87. The first-order valence-corrected chi connectivity index (χ1v) is 6.77. The molecule has 1 heterocycles. The molecule has 0 radical (unpaired) electrons. The van der Waals surface area contributed by atoms with Crippen molar-refractivity contribution in [2.75, 3.05) is 6.54 Å². The Bertz CT molecular complexity index is 415. The van der Waals surface area contributed by atoms with Crippen molar-refractivity contribution in [1.29, 1.82) is 0 Å². The second kappa shape index (κ2) is 6.01. The van der Waals surface area contributed by atoms with Gasteiger partial charge in [0.05, 0.1) is 0 Å². The summed E-state index contributed by atoms with van der Waals surface area (Å²) in [4.78, 5) is 14.1. The van der Waals surface area contributed by atoms with E-state index >= 15 is 0 Å². The summed E-state index contributed by atoms with van der Waals surface area (Å²) in [6, 6.07) is 8.59. The zero-order valence-corrected chi connectivity index (χ0v) is 11.1. The number of hydrogen-bond acceptors (Lipinski definition) is 2. The van der Waals surface area contributed by atoms with Gasteiger partial charge in [-0.25, -0.2) is 0 Å². The molecule has 2 rings (SSSR count). The largest absolute Gasteiger partial charge is 0.338 e. The third-order valence-electron chi connectivity index (χ3n) is 3.53. The molecule has 0 spiro atoms. The van der Waals surface area contributed by atoms with E-state index in [0.29, 0.717) is 6.42 Å². The first kappa shape index (κ1) is 13.1. The van der Waals surface area contributed by atoms with Crippen LogP contribution in [0.5, 0.6) is 0 Å². The van der Waals surface area contributed by atoms with Crippen molar-refractivity contribution in [2.24, 2.45) is 5.73 Å². The first-order valence-electron chi connectivity index (χ1n) is 6.77. The number of carbonyl (C=O) groups excluding carboxylic acids is 1. The zero-order valence-electron chi connectivity index (χ0n) is 11.1. The van der Waals surface area contributed by atoms with Crippen molar-refractivity contribution in [1.82, 2.24) is 4.90 Å². The van der Waals surface area contributed by atoms with Gasteiger partial charge in [-0.3, -0.25) is 4.79 Å². The molecule has 0 saturated carbocycles. The number of fused-ring (bicyclic) bond motifs is 1. The number of amides is 1. The second-order valence-corrected chi connectivity index (χ2v) is 5.20. The summed E-state index contributed by atoms with van der Waals surface area (Å²) in [5, 5.41) is 0. The van der Waals surface area contributed by atoms with Crippen molar-refractivity contribution in [2.45, 2.75) is 45.2 Å². The molecular weight excluding hydrogens is 224 g/mol. The molecule has 0 aromatic heterocycles. The average Bonchev–Trinajstić information content (AvgIpc) is 2.37. The number of nitrogens with two attached hydrogens (primary N) is 1. The second-order valence-electron chi connectivity index (χ2n) is 5.20. The Kier molecular flexibility index (Phi) is 4.37.